The zero-order valence-corrected chi connectivity index (χ0v) is 16.9. The van der Waals surface area contributed by atoms with Crippen LogP contribution in [0.4, 0.5) is 5.69 Å². The van der Waals surface area contributed by atoms with Crippen LogP contribution in [0, 0.1) is 11.3 Å². The first-order chi connectivity index (χ1) is 12.9. The fourth-order valence-corrected chi connectivity index (χ4v) is 4.89. The number of sulfonamides is 1. The Balaban J connectivity index is 1.86. The molecule has 6 nitrogen and oxygen atoms in total. The molecule has 1 saturated heterocycles. The molecule has 1 N–H and O–H groups in total. The maximum absolute atomic E-state index is 12.9. The molecule has 1 aliphatic rings. The monoisotopic (exact) mass is 447 g/mol. The molecular weight excluding hydrogens is 430 g/mol. The number of hydrogen-bond donors (Lipinski definition) is 1. The number of anilines is 1. The second-order valence-corrected chi connectivity index (χ2v) is 9.04. The number of hydrogen-bond acceptors (Lipinski definition) is 4. The van der Waals surface area contributed by atoms with Crippen LogP contribution in [0.2, 0.25) is 0 Å². The molecule has 0 bridgehead atoms. The van der Waals surface area contributed by atoms with E-state index in [0.717, 1.165) is 19.3 Å². The van der Waals surface area contributed by atoms with Gasteiger partial charge in [-0.2, -0.15) is 9.57 Å². The Bertz CT molecular complexity index is 992. The molecule has 0 unspecified atom stereocenters. The molecule has 1 heterocycles. The van der Waals surface area contributed by atoms with Crippen molar-refractivity contribution in [2.24, 2.45) is 0 Å². The first kappa shape index (κ1) is 19.5. The smallest absolute Gasteiger partial charge is 0.256 e. The first-order valence-electron chi connectivity index (χ1n) is 8.53. The van der Waals surface area contributed by atoms with Crippen molar-refractivity contribution >= 4 is 37.5 Å². The minimum Gasteiger partial charge on any atom is -0.322 e. The van der Waals surface area contributed by atoms with Gasteiger partial charge in [0.1, 0.15) is 0 Å². The van der Waals surface area contributed by atoms with Gasteiger partial charge in [-0.3, -0.25) is 4.79 Å². The molecule has 1 fully saturated rings. The molecule has 0 atom stereocenters. The average Bonchev–Trinajstić information content (AvgIpc) is 2.69. The maximum Gasteiger partial charge on any atom is 0.256 e. The normalized spacial score (nSPS) is 15.1. The summed E-state index contributed by atoms with van der Waals surface area (Å²) >= 11 is 3.32. The van der Waals surface area contributed by atoms with Gasteiger partial charge in [-0.1, -0.05) is 6.42 Å². The van der Waals surface area contributed by atoms with Crippen LogP contribution >= 0.6 is 15.9 Å². The highest BCUT2D eigenvalue weighted by atomic mass is 79.9. The van der Waals surface area contributed by atoms with Crippen LogP contribution in [0.5, 0.6) is 0 Å². The molecule has 1 aliphatic heterocycles. The van der Waals surface area contributed by atoms with E-state index < -0.39 is 15.9 Å². The number of nitriles is 1. The third kappa shape index (κ3) is 4.38. The molecule has 1 amide bonds. The van der Waals surface area contributed by atoms with E-state index in [1.807, 2.05) is 6.07 Å². The lowest BCUT2D eigenvalue weighted by Gasteiger charge is -2.26. The molecule has 27 heavy (non-hydrogen) atoms. The van der Waals surface area contributed by atoms with Gasteiger partial charge < -0.3 is 5.32 Å². The van der Waals surface area contributed by atoms with Crippen molar-refractivity contribution in [3.8, 4) is 6.07 Å². The summed E-state index contributed by atoms with van der Waals surface area (Å²) in [6.45, 7) is 1.01. The summed E-state index contributed by atoms with van der Waals surface area (Å²) in [5, 5.41) is 11.6. The molecule has 0 aromatic heterocycles. The maximum atomic E-state index is 12.9. The number of amides is 1. The van der Waals surface area contributed by atoms with E-state index in [9.17, 15) is 13.2 Å². The predicted molar refractivity (Wildman–Crippen MR) is 106 cm³/mol. The Morgan fingerprint density at radius 3 is 2.37 bits per heavy atom. The van der Waals surface area contributed by atoms with Crippen LogP contribution in [-0.2, 0) is 10.0 Å². The predicted octanol–water partition coefficient (Wildman–Crippen LogP) is 3.75. The van der Waals surface area contributed by atoms with Gasteiger partial charge in [-0.05, 0) is 71.2 Å². The van der Waals surface area contributed by atoms with Gasteiger partial charge >= 0.3 is 0 Å². The van der Waals surface area contributed by atoms with Crippen molar-refractivity contribution in [3.63, 3.8) is 0 Å². The second kappa shape index (κ2) is 8.21. The summed E-state index contributed by atoms with van der Waals surface area (Å²) in [5.74, 6) is -0.428. The summed E-state index contributed by atoms with van der Waals surface area (Å²) in [5.41, 5.74) is 1.25. The van der Waals surface area contributed by atoms with E-state index in [0.29, 0.717) is 28.8 Å². The van der Waals surface area contributed by atoms with E-state index >= 15 is 0 Å². The highest BCUT2D eigenvalue weighted by Gasteiger charge is 2.27. The zero-order chi connectivity index (χ0) is 19.4. The number of benzene rings is 2. The molecule has 0 spiro atoms. The molecule has 8 heteroatoms. The minimum atomic E-state index is -3.62. The number of rotatable bonds is 4. The topological polar surface area (TPSA) is 90.3 Å². The van der Waals surface area contributed by atoms with Gasteiger partial charge in [0.2, 0.25) is 10.0 Å². The lowest BCUT2D eigenvalue weighted by Crippen LogP contribution is -2.35. The molecule has 2 aromatic carbocycles. The van der Waals surface area contributed by atoms with Crippen molar-refractivity contribution in [2.45, 2.75) is 24.2 Å². The summed E-state index contributed by atoms with van der Waals surface area (Å²) in [6, 6.07) is 12.9. The Kier molecular flexibility index (Phi) is 5.95. The van der Waals surface area contributed by atoms with Gasteiger partial charge in [0, 0.05) is 23.2 Å². The number of nitrogens with one attached hydrogen (secondary N) is 1. The lowest BCUT2D eigenvalue weighted by molar-refractivity contribution is 0.102. The number of carbonyl (C=O) groups excluding carboxylic acids is 1. The highest BCUT2D eigenvalue weighted by Crippen LogP contribution is 2.26. The van der Waals surface area contributed by atoms with Crippen LogP contribution in [0.25, 0.3) is 0 Å². The Morgan fingerprint density at radius 1 is 1.07 bits per heavy atom. The summed E-state index contributed by atoms with van der Waals surface area (Å²) < 4.78 is 27.7. The van der Waals surface area contributed by atoms with Gasteiger partial charge in [0.05, 0.1) is 22.1 Å². The van der Waals surface area contributed by atoms with Gasteiger partial charge in [-0.25, -0.2) is 8.42 Å². The fourth-order valence-electron chi connectivity index (χ4n) is 2.92. The number of nitrogens with zero attached hydrogens (tertiary/aromatic N) is 2. The molecule has 0 aliphatic carbocycles. The van der Waals surface area contributed by atoms with Crippen LogP contribution in [0.1, 0.15) is 35.2 Å². The Labute approximate surface area is 167 Å². The van der Waals surface area contributed by atoms with Crippen molar-refractivity contribution in [3.05, 3.63) is 58.1 Å². The SMILES string of the molecule is N#Cc1ccc(NC(=O)c2cc(S(=O)(=O)N3CCCCC3)ccc2Br)cc1. The average molecular weight is 448 g/mol. The first-order valence-corrected chi connectivity index (χ1v) is 10.8. The summed E-state index contributed by atoms with van der Waals surface area (Å²) in [7, 11) is -3.62. The standard InChI is InChI=1S/C19H18BrN3O3S/c20-18-9-8-16(27(25,26)23-10-2-1-3-11-23)12-17(18)19(24)22-15-6-4-14(13-21)5-7-15/h4-9,12H,1-3,10-11H2,(H,22,24). The van der Waals surface area contributed by atoms with Crippen molar-refractivity contribution in [1.29, 1.82) is 5.26 Å². The van der Waals surface area contributed by atoms with E-state index in [4.69, 9.17) is 5.26 Å². The Morgan fingerprint density at radius 2 is 1.74 bits per heavy atom. The quantitative estimate of drug-likeness (QED) is 0.772. The summed E-state index contributed by atoms with van der Waals surface area (Å²) in [6.07, 6.45) is 2.73. The van der Waals surface area contributed by atoms with Crippen LogP contribution < -0.4 is 5.32 Å². The van der Waals surface area contributed by atoms with Crippen LogP contribution in [0.3, 0.4) is 0 Å². The third-order valence-electron chi connectivity index (χ3n) is 4.41. The molecule has 3 rings (SSSR count). The van der Waals surface area contributed by atoms with Crippen molar-refractivity contribution < 1.29 is 13.2 Å². The second-order valence-electron chi connectivity index (χ2n) is 6.25. The number of halogens is 1. The van der Waals surface area contributed by atoms with E-state index in [1.54, 1.807) is 30.3 Å². The molecule has 140 valence electrons. The van der Waals surface area contributed by atoms with Crippen molar-refractivity contribution in [2.75, 3.05) is 18.4 Å². The number of carbonyl (C=O) groups is 1. The lowest BCUT2D eigenvalue weighted by atomic mass is 10.2. The van der Waals surface area contributed by atoms with E-state index in [-0.39, 0.29) is 10.5 Å². The zero-order valence-electron chi connectivity index (χ0n) is 14.5. The van der Waals surface area contributed by atoms with E-state index in [1.165, 1.54) is 16.4 Å². The molecule has 0 saturated carbocycles. The van der Waals surface area contributed by atoms with Gasteiger partial charge in [0.25, 0.3) is 5.91 Å². The number of piperidine rings is 1. The molecular formula is C19H18BrN3O3S. The van der Waals surface area contributed by atoms with E-state index in [2.05, 4.69) is 21.2 Å². The minimum absolute atomic E-state index is 0.109. The van der Waals surface area contributed by atoms with Crippen LogP contribution in [-0.4, -0.2) is 31.7 Å². The highest BCUT2D eigenvalue weighted by molar-refractivity contribution is 9.10. The Hall–Kier alpha value is -2.21. The summed E-state index contributed by atoms with van der Waals surface area (Å²) in [4.78, 5) is 12.7. The van der Waals surface area contributed by atoms with Gasteiger partial charge in [-0.15, -0.1) is 0 Å². The van der Waals surface area contributed by atoms with Crippen molar-refractivity contribution in [1.82, 2.24) is 4.31 Å². The fraction of sp³-hybridized carbons (Fsp3) is 0.263. The van der Waals surface area contributed by atoms with Gasteiger partial charge in [0.15, 0.2) is 0 Å². The third-order valence-corrected chi connectivity index (χ3v) is 6.99. The molecule has 0 radical (unpaired) electrons. The van der Waals surface area contributed by atoms with Crippen LogP contribution in [0.15, 0.2) is 51.8 Å². The largest absolute Gasteiger partial charge is 0.322 e. The molecule has 2 aromatic rings.